The molecule has 116 heavy (non-hydrogen) atoms. The summed E-state index contributed by atoms with van der Waals surface area (Å²) in [4.78, 5) is 4.84. The molecule has 0 saturated heterocycles. The van der Waals surface area contributed by atoms with Gasteiger partial charge in [-0.1, -0.05) is 282 Å². The second-order valence-corrected chi connectivity index (χ2v) is 33.4. The minimum atomic E-state index is -0.126. The van der Waals surface area contributed by atoms with Crippen LogP contribution in [-0.4, -0.2) is 9.13 Å². The molecule has 0 spiro atoms. The van der Waals surface area contributed by atoms with Crippen molar-refractivity contribution in [2.24, 2.45) is 0 Å². The van der Waals surface area contributed by atoms with Gasteiger partial charge < -0.3 is 23.4 Å². The van der Waals surface area contributed by atoms with Gasteiger partial charge in [0.1, 0.15) is 5.58 Å². The number of thiophene rings is 1. The van der Waals surface area contributed by atoms with Crippen molar-refractivity contribution in [3.8, 4) is 55.9 Å². The molecule has 0 unspecified atom stereocenters. The van der Waals surface area contributed by atoms with Crippen LogP contribution in [0.2, 0.25) is 0 Å². The van der Waals surface area contributed by atoms with Crippen LogP contribution in [0.5, 0.6) is 0 Å². The van der Waals surface area contributed by atoms with Gasteiger partial charge in [0.25, 0.3) is 0 Å². The maximum absolute atomic E-state index is 6.67. The zero-order chi connectivity index (χ0) is 77.1. The van der Waals surface area contributed by atoms with E-state index in [-0.39, 0.29) is 10.8 Å². The summed E-state index contributed by atoms with van der Waals surface area (Å²) >= 11 is 1.88. The fourth-order valence-corrected chi connectivity index (χ4v) is 20.6. The molecule has 2 aliphatic carbocycles. The maximum atomic E-state index is 6.67. The van der Waals surface area contributed by atoms with E-state index >= 15 is 0 Å². The molecule has 0 saturated carbocycles. The molecular weight excluding hydrogens is 1430 g/mol. The Morgan fingerprint density at radius 2 is 0.664 bits per heavy atom. The highest BCUT2D eigenvalue weighted by atomic mass is 32.1. The normalized spacial score (nSPS) is 13.1. The van der Waals surface area contributed by atoms with Crippen LogP contribution in [0.1, 0.15) is 49.9 Å². The largest absolute Gasteiger partial charge is 0.454 e. The lowest BCUT2D eigenvalue weighted by molar-refractivity contribution is 0.660. The van der Waals surface area contributed by atoms with E-state index < -0.39 is 0 Å². The van der Waals surface area contributed by atoms with E-state index in [1.807, 2.05) is 17.4 Å². The average molecular weight is 1500 g/mol. The van der Waals surface area contributed by atoms with Crippen molar-refractivity contribution in [2.75, 3.05) is 9.80 Å². The van der Waals surface area contributed by atoms with Crippen LogP contribution in [-0.2, 0) is 10.8 Å². The Labute approximate surface area is 676 Å². The second-order valence-electron chi connectivity index (χ2n) is 32.3. The smallest absolute Gasteiger partial charge is 0.159 e. The summed E-state index contributed by atoms with van der Waals surface area (Å²) in [5.74, 6) is 0. The van der Waals surface area contributed by atoms with Crippen LogP contribution in [0.15, 0.2) is 393 Å². The molecule has 0 bridgehead atoms. The van der Waals surface area contributed by atoms with E-state index in [1.165, 1.54) is 175 Å². The summed E-state index contributed by atoms with van der Waals surface area (Å²) < 4.78 is 14.1. The quantitative estimate of drug-likeness (QED) is 0.137. The highest BCUT2D eigenvalue weighted by Gasteiger charge is 2.38. The number of nitrogens with zero attached hydrogens (tertiary/aromatic N) is 4. The van der Waals surface area contributed by atoms with Crippen molar-refractivity contribution >= 4 is 153 Å². The van der Waals surface area contributed by atoms with E-state index in [0.29, 0.717) is 0 Å². The van der Waals surface area contributed by atoms with Crippen molar-refractivity contribution < 1.29 is 4.42 Å². The summed E-state index contributed by atoms with van der Waals surface area (Å²) in [7, 11) is 0. The third kappa shape index (κ3) is 10.5. The van der Waals surface area contributed by atoms with Crippen LogP contribution in [0.25, 0.3) is 163 Å². The topological polar surface area (TPSA) is 29.5 Å². The van der Waals surface area contributed by atoms with E-state index in [9.17, 15) is 0 Å². The molecule has 0 fully saturated rings. The first-order valence-corrected chi connectivity index (χ1v) is 41.0. The first-order valence-electron chi connectivity index (χ1n) is 40.2. The van der Waals surface area contributed by atoms with Crippen molar-refractivity contribution in [1.82, 2.24) is 9.13 Å². The van der Waals surface area contributed by atoms with Gasteiger partial charge in [0.05, 0.1) is 38.1 Å². The fraction of sp³-hybridized carbons (Fsp3) is 0.0545. The van der Waals surface area contributed by atoms with Gasteiger partial charge in [-0.2, -0.15) is 0 Å². The standard InChI is InChI=1S/C55H38N2O.C55H38N2S/c2*1-55(2)48-18-8-5-14-42(48)43-30-29-41(34-49(43)55)56(52-20-11-17-46-45-16-7-10-21-53(45)58-54(46)52)39-26-22-36(23-27-39)38-25-31-51-47(33-38)44-15-6-9-19-50(44)57(51)40-28-24-35-12-3-4-13-37(35)32-40/h2*3-34H,1-2H3. The summed E-state index contributed by atoms with van der Waals surface area (Å²) in [6, 6.07) is 143. The van der Waals surface area contributed by atoms with Gasteiger partial charge in [-0.3, -0.25) is 0 Å². The predicted octanol–water partition coefficient (Wildman–Crippen LogP) is 31.0. The lowest BCUT2D eigenvalue weighted by Crippen LogP contribution is -2.16. The zero-order valence-electron chi connectivity index (χ0n) is 64.6. The minimum absolute atomic E-state index is 0.100. The maximum Gasteiger partial charge on any atom is 0.159 e. The van der Waals surface area contributed by atoms with E-state index in [2.05, 4.69) is 429 Å². The number of rotatable bonds is 10. The third-order valence-electron chi connectivity index (χ3n) is 25.1. The van der Waals surface area contributed by atoms with Crippen LogP contribution >= 0.6 is 11.3 Å². The number of fused-ring (bicyclic) bond motifs is 20. The molecule has 2 aliphatic rings. The van der Waals surface area contributed by atoms with Crippen molar-refractivity contribution in [3.05, 3.63) is 411 Å². The first-order chi connectivity index (χ1) is 57.0. The van der Waals surface area contributed by atoms with Crippen LogP contribution < -0.4 is 9.80 Å². The van der Waals surface area contributed by atoms with Crippen molar-refractivity contribution in [1.29, 1.82) is 0 Å². The summed E-state index contributed by atoms with van der Waals surface area (Å²) in [6.45, 7) is 9.42. The Bertz CT molecular complexity index is 7340. The van der Waals surface area contributed by atoms with E-state index in [0.717, 1.165) is 44.7 Å². The van der Waals surface area contributed by atoms with Gasteiger partial charge in [-0.15, -0.1) is 11.3 Å². The molecule has 0 N–H and O–H groups in total. The zero-order valence-corrected chi connectivity index (χ0v) is 65.4. The molecule has 0 aliphatic heterocycles. The van der Waals surface area contributed by atoms with Crippen molar-refractivity contribution in [3.63, 3.8) is 0 Å². The Hall–Kier alpha value is -14.3. The Morgan fingerprint density at radius 1 is 0.259 bits per heavy atom. The lowest BCUT2D eigenvalue weighted by atomic mass is 9.82. The highest BCUT2D eigenvalue weighted by Crippen LogP contribution is 2.55. The molecule has 6 heteroatoms. The number of benzene rings is 18. The lowest BCUT2D eigenvalue weighted by Gasteiger charge is -2.28. The molecule has 24 rings (SSSR count). The number of aromatic nitrogens is 2. The summed E-state index contributed by atoms with van der Waals surface area (Å²) in [5.41, 5.74) is 30.9. The van der Waals surface area contributed by atoms with Gasteiger partial charge in [-0.05, 0) is 222 Å². The molecule has 4 aromatic heterocycles. The predicted molar refractivity (Wildman–Crippen MR) is 492 cm³/mol. The SMILES string of the molecule is CC1(C)c2ccccc2-c2ccc(N(c3ccc(-c4ccc5c(c4)c4ccccc4n5-c4ccc5ccccc5c4)cc3)c3cccc4c3oc3ccccc34)cc21.CC1(C)c2ccccc2-c2ccc(N(c3ccc(-c4ccc5c(c4)c4ccccc4n5-c4ccc5ccccc5c4)cc3)c3cccc4c3sc3ccccc34)cc21. The summed E-state index contributed by atoms with van der Waals surface area (Å²) in [6.07, 6.45) is 0. The van der Waals surface area contributed by atoms with Gasteiger partial charge in [-0.25, -0.2) is 0 Å². The number of hydrogen-bond donors (Lipinski definition) is 0. The van der Waals surface area contributed by atoms with Gasteiger partial charge in [0, 0.05) is 92.7 Å². The number of anilines is 6. The monoisotopic (exact) mass is 1500 g/mol. The molecule has 4 heterocycles. The molecule has 548 valence electrons. The molecule has 0 radical (unpaired) electrons. The molecule has 0 amide bonds. The Morgan fingerprint density at radius 3 is 1.22 bits per heavy atom. The molecule has 22 aromatic rings. The number of hydrogen-bond acceptors (Lipinski definition) is 4. The van der Waals surface area contributed by atoms with Crippen LogP contribution in [0.3, 0.4) is 0 Å². The minimum Gasteiger partial charge on any atom is -0.454 e. The van der Waals surface area contributed by atoms with Gasteiger partial charge >= 0.3 is 0 Å². The first kappa shape index (κ1) is 67.4. The second kappa shape index (κ2) is 26.1. The number of furan rings is 1. The Balaban J connectivity index is 0.000000137. The Kier molecular flexibility index (Phi) is 15.2. The third-order valence-corrected chi connectivity index (χ3v) is 26.4. The molecular formula is C110H76N4OS. The molecule has 18 aromatic carbocycles. The fourth-order valence-electron chi connectivity index (χ4n) is 19.4. The summed E-state index contributed by atoms with van der Waals surface area (Å²) in [5, 5.41) is 14.8. The van der Waals surface area contributed by atoms with E-state index in [1.54, 1.807) is 0 Å². The van der Waals surface area contributed by atoms with Crippen LogP contribution in [0, 0.1) is 0 Å². The van der Waals surface area contributed by atoms with Crippen LogP contribution in [0.4, 0.5) is 34.1 Å². The average Bonchev–Trinajstić information content (AvgIpc) is 1.64. The van der Waals surface area contributed by atoms with Gasteiger partial charge in [0.2, 0.25) is 0 Å². The highest BCUT2D eigenvalue weighted by molar-refractivity contribution is 7.26. The van der Waals surface area contributed by atoms with Crippen molar-refractivity contribution in [2.45, 2.75) is 38.5 Å². The molecule has 0 atom stereocenters. The van der Waals surface area contributed by atoms with Gasteiger partial charge in [0.15, 0.2) is 5.58 Å². The van der Waals surface area contributed by atoms with E-state index in [4.69, 9.17) is 4.42 Å². The number of para-hydroxylation sites is 4. The molecule has 5 nitrogen and oxygen atoms in total.